The Morgan fingerprint density at radius 1 is 1.04 bits per heavy atom. The van der Waals surface area contributed by atoms with Gasteiger partial charge in [-0.1, -0.05) is 55.3 Å². The minimum atomic E-state index is -4.20. The molecule has 1 saturated heterocycles. The van der Waals surface area contributed by atoms with E-state index in [0.29, 0.717) is 38.6 Å². The Bertz CT molecular complexity index is 1430. The zero-order valence-corrected chi connectivity index (χ0v) is 27.0. The molecule has 0 aromatic heterocycles. The van der Waals surface area contributed by atoms with Crippen LogP contribution in [0, 0.1) is 5.92 Å². The summed E-state index contributed by atoms with van der Waals surface area (Å²) in [5.74, 6) is -2.05. The van der Waals surface area contributed by atoms with E-state index < -0.39 is 51.3 Å². The van der Waals surface area contributed by atoms with Gasteiger partial charge in [0.1, 0.15) is 23.2 Å². The monoisotopic (exact) mass is 643 g/mol. The van der Waals surface area contributed by atoms with Crippen molar-refractivity contribution in [1.82, 2.24) is 25.0 Å². The van der Waals surface area contributed by atoms with Crippen LogP contribution in [-0.4, -0.2) is 72.9 Å². The summed E-state index contributed by atoms with van der Waals surface area (Å²) in [5.41, 5.74) is -1.16. The maximum atomic E-state index is 13.7. The summed E-state index contributed by atoms with van der Waals surface area (Å²) in [5, 5.41) is 5.55. The lowest BCUT2D eigenvalue weighted by Gasteiger charge is -2.30. The van der Waals surface area contributed by atoms with Crippen molar-refractivity contribution < 1.29 is 32.3 Å². The number of ether oxygens (including phenoxy) is 1. The van der Waals surface area contributed by atoms with E-state index >= 15 is 0 Å². The number of hydrogen-bond acceptors (Lipinski definition) is 7. The summed E-state index contributed by atoms with van der Waals surface area (Å²) < 4.78 is 36.2. The Kier molecular flexibility index (Phi) is 9.60. The number of rotatable bonds is 6. The van der Waals surface area contributed by atoms with Crippen LogP contribution in [0.2, 0.25) is 0 Å². The van der Waals surface area contributed by atoms with Gasteiger partial charge in [-0.05, 0) is 71.3 Å². The molecule has 2 saturated carbocycles. The van der Waals surface area contributed by atoms with E-state index in [2.05, 4.69) is 20.1 Å². The molecule has 12 nitrogen and oxygen atoms in total. The summed E-state index contributed by atoms with van der Waals surface area (Å²) in [6.07, 6.45) is 8.42. The van der Waals surface area contributed by atoms with Crippen molar-refractivity contribution >= 4 is 34.0 Å². The van der Waals surface area contributed by atoms with Crippen LogP contribution in [0.4, 0.5) is 4.79 Å². The Labute approximate surface area is 265 Å². The first-order valence-corrected chi connectivity index (χ1v) is 17.4. The molecule has 3 fully saturated rings. The molecule has 1 aromatic carbocycles. The van der Waals surface area contributed by atoms with E-state index in [4.69, 9.17) is 4.74 Å². The molecule has 2 heterocycles. The van der Waals surface area contributed by atoms with Crippen molar-refractivity contribution in [2.45, 2.75) is 114 Å². The second-order valence-corrected chi connectivity index (χ2v) is 15.1. The number of nitrogens with zero attached hydrogens (tertiary/aromatic N) is 1. The van der Waals surface area contributed by atoms with Crippen LogP contribution < -0.4 is 20.1 Å². The van der Waals surface area contributed by atoms with E-state index in [-0.39, 0.29) is 30.2 Å². The quantitative estimate of drug-likeness (QED) is 0.347. The highest BCUT2D eigenvalue weighted by Crippen LogP contribution is 2.46. The highest BCUT2D eigenvalue weighted by atomic mass is 32.2. The summed E-state index contributed by atoms with van der Waals surface area (Å²) in [4.78, 5) is 55.1. The van der Waals surface area contributed by atoms with Crippen molar-refractivity contribution in [2.24, 2.45) is 5.92 Å². The molecule has 4 aliphatic rings. The van der Waals surface area contributed by atoms with Gasteiger partial charge in [0.15, 0.2) is 0 Å². The van der Waals surface area contributed by atoms with Gasteiger partial charge in [-0.15, -0.1) is 0 Å². The van der Waals surface area contributed by atoms with Crippen LogP contribution in [0.15, 0.2) is 42.5 Å². The number of carbonyl (C=O) groups excluding carboxylic acids is 4. The number of alkyl carbamates (subject to hydrolysis) is 1. The molecule has 45 heavy (non-hydrogen) atoms. The first-order valence-electron chi connectivity index (χ1n) is 16.0. The van der Waals surface area contributed by atoms with Crippen LogP contribution >= 0.6 is 0 Å². The highest BCUT2D eigenvalue weighted by Gasteiger charge is 2.61. The Morgan fingerprint density at radius 2 is 1.80 bits per heavy atom. The minimum Gasteiger partial charge on any atom is -0.444 e. The number of benzene rings is 1. The third-order valence-electron chi connectivity index (χ3n) is 8.88. The molecule has 2 aliphatic carbocycles. The number of nitrogens with one attached hydrogen (secondary N) is 4. The smallest absolute Gasteiger partial charge is 0.408 e. The lowest BCUT2D eigenvalue weighted by atomic mass is 10.0. The van der Waals surface area contributed by atoms with E-state index in [9.17, 15) is 27.6 Å². The van der Waals surface area contributed by atoms with Gasteiger partial charge in [-0.3, -0.25) is 14.4 Å². The Balaban J connectivity index is 1.29. The largest absolute Gasteiger partial charge is 0.444 e. The van der Waals surface area contributed by atoms with Gasteiger partial charge in [0.2, 0.25) is 11.8 Å². The van der Waals surface area contributed by atoms with E-state index in [0.717, 1.165) is 24.8 Å². The molecule has 4 N–H and O–H groups in total. The van der Waals surface area contributed by atoms with Crippen molar-refractivity contribution in [1.29, 1.82) is 0 Å². The zero-order valence-electron chi connectivity index (χ0n) is 26.2. The molecule has 3 unspecified atom stereocenters. The van der Waals surface area contributed by atoms with Crippen LogP contribution in [0.25, 0.3) is 0 Å². The third-order valence-corrected chi connectivity index (χ3v) is 9.94. The van der Waals surface area contributed by atoms with Crippen LogP contribution in [0.5, 0.6) is 0 Å². The number of fused-ring (bicyclic) bond motifs is 2. The van der Waals surface area contributed by atoms with Gasteiger partial charge in [-0.25, -0.2) is 9.52 Å². The predicted molar refractivity (Wildman–Crippen MR) is 167 cm³/mol. The fourth-order valence-electron chi connectivity index (χ4n) is 6.38. The third kappa shape index (κ3) is 8.23. The molecular formula is C32H45N5O7S. The van der Waals surface area contributed by atoms with Gasteiger partial charge in [0.25, 0.3) is 5.91 Å². The number of amides is 4. The predicted octanol–water partition coefficient (Wildman–Crippen LogP) is 2.77. The Hall–Kier alpha value is -3.45. The van der Waals surface area contributed by atoms with Crippen LogP contribution in [0.1, 0.15) is 90.0 Å². The molecule has 0 bridgehead atoms. The van der Waals surface area contributed by atoms with Crippen molar-refractivity contribution in [3.05, 3.63) is 48.0 Å². The second kappa shape index (κ2) is 13.1. The molecule has 13 heteroatoms. The van der Waals surface area contributed by atoms with Crippen molar-refractivity contribution in [3.8, 4) is 0 Å². The molecule has 0 spiro atoms. The van der Waals surface area contributed by atoms with Crippen molar-refractivity contribution in [3.63, 3.8) is 0 Å². The molecule has 1 aromatic rings. The number of carbonyl (C=O) groups is 4. The van der Waals surface area contributed by atoms with Crippen LogP contribution in [-0.2, 0) is 29.3 Å². The molecule has 246 valence electrons. The van der Waals surface area contributed by atoms with Gasteiger partial charge in [-0.2, -0.15) is 13.1 Å². The Morgan fingerprint density at radius 3 is 2.53 bits per heavy atom. The molecular weight excluding hydrogens is 598 g/mol. The maximum Gasteiger partial charge on any atom is 0.408 e. The molecule has 5 rings (SSSR count). The van der Waals surface area contributed by atoms with E-state index in [1.807, 2.05) is 42.5 Å². The van der Waals surface area contributed by atoms with Gasteiger partial charge >= 0.3 is 16.3 Å². The SMILES string of the molecule is CC(C)(C)OC(=O)N[C@H]1CCCCC/C=C\[C@@H]2C[C@@]2(C(=O)NS(=O)(=O)NC2CC2c2ccccc2)NC(=O)C2CCCN2C1=O. The average Bonchev–Trinajstić information content (AvgIpc) is 3.81. The lowest BCUT2D eigenvalue weighted by Crippen LogP contribution is -2.59. The standard InChI is InChI=1S/C32H45N5O7S/c1-31(2,3)44-30(41)33-24-16-11-6-4-5-10-15-22-20-32(22,34-27(38)26-17-12-18-37(26)28(24)39)29(40)36-45(42,43)35-25-19-23(25)21-13-8-7-9-14-21/h7-10,13-15,22-26,35H,4-6,11-12,16-20H2,1-3H3,(H,33,41)(H,34,38)(H,36,40)/b15-10-/t22-,23?,24+,25?,26?,32-/m1/s1. The summed E-state index contributed by atoms with van der Waals surface area (Å²) >= 11 is 0. The summed E-state index contributed by atoms with van der Waals surface area (Å²) in [7, 11) is -4.20. The maximum absolute atomic E-state index is 13.7. The normalized spacial score (nSPS) is 31.3. The van der Waals surface area contributed by atoms with Gasteiger partial charge in [0, 0.05) is 24.4 Å². The minimum absolute atomic E-state index is 0.0327. The topological polar surface area (TPSA) is 163 Å². The first-order chi connectivity index (χ1) is 21.3. The average molecular weight is 644 g/mol. The van der Waals surface area contributed by atoms with Gasteiger partial charge in [0.05, 0.1) is 0 Å². The van der Waals surface area contributed by atoms with Gasteiger partial charge < -0.3 is 20.3 Å². The number of hydrogen-bond donors (Lipinski definition) is 4. The first kappa shape index (κ1) is 32.9. The molecule has 6 atom stereocenters. The zero-order chi connectivity index (χ0) is 32.4. The number of allylic oxidation sites excluding steroid dienone is 1. The lowest BCUT2D eigenvalue weighted by molar-refractivity contribution is -0.141. The molecule has 4 amide bonds. The summed E-state index contributed by atoms with van der Waals surface area (Å²) in [6, 6.07) is 7.53. The van der Waals surface area contributed by atoms with Crippen molar-refractivity contribution in [2.75, 3.05) is 6.54 Å². The fourth-order valence-corrected chi connectivity index (χ4v) is 7.52. The van der Waals surface area contributed by atoms with E-state index in [1.165, 1.54) is 4.90 Å². The highest BCUT2D eigenvalue weighted by molar-refractivity contribution is 7.88. The van der Waals surface area contributed by atoms with Crippen LogP contribution in [0.3, 0.4) is 0 Å². The molecule has 0 radical (unpaired) electrons. The molecule has 2 aliphatic heterocycles. The summed E-state index contributed by atoms with van der Waals surface area (Å²) in [6.45, 7) is 5.55. The fraction of sp³-hybridized carbons (Fsp3) is 0.625. The second-order valence-electron chi connectivity index (χ2n) is 13.6. The van der Waals surface area contributed by atoms with E-state index in [1.54, 1.807) is 20.8 Å².